The molecule has 0 saturated carbocycles. The largest absolute Gasteiger partial charge is 0.525 e. The average molecular weight is 350 g/mol. The normalized spacial score (nSPS) is 25.7. The first kappa shape index (κ1) is 18.1. The average Bonchev–Trinajstić information content (AvgIpc) is 3.17. The lowest BCUT2D eigenvalue weighted by Gasteiger charge is -2.32. The van der Waals surface area contributed by atoms with E-state index in [1.807, 2.05) is 27.7 Å². The molecule has 0 aliphatic carbocycles. The quantitative estimate of drug-likeness (QED) is 0.780. The molecule has 1 aromatic heterocycles. The number of carbonyl (C=O) groups excluding carboxylic acids is 1. The molecule has 2 aliphatic rings. The minimum atomic E-state index is -1.05. The zero-order valence-electron chi connectivity index (χ0n) is 15.3. The number of carbonyl (C=O) groups is 1. The maximum absolute atomic E-state index is 14.5. The van der Waals surface area contributed by atoms with Gasteiger partial charge < -0.3 is 14.2 Å². The van der Waals surface area contributed by atoms with Crippen molar-refractivity contribution in [3.8, 4) is 0 Å². The van der Waals surface area contributed by atoms with Crippen LogP contribution in [0.3, 0.4) is 0 Å². The van der Waals surface area contributed by atoms with Gasteiger partial charge >= 0.3 is 7.12 Å². The van der Waals surface area contributed by atoms with Gasteiger partial charge in [-0.05, 0) is 40.2 Å². The molecule has 0 N–H and O–H groups in total. The molecule has 3 rings (SSSR count). The lowest BCUT2D eigenvalue weighted by molar-refractivity contribution is -0.127. The smallest absolute Gasteiger partial charge is 0.398 e. The Kier molecular flexibility index (Phi) is 4.49. The van der Waals surface area contributed by atoms with Gasteiger partial charge in [-0.2, -0.15) is 0 Å². The Bertz CT molecular complexity index is 687. The maximum atomic E-state index is 14.5. The van der Waals surface area contributed by atoms with Gasteiger partial charge in [0.1, 0.15) is 11.4 Å². The second kappa shape index (κ2) is 6.21. The van der Waals surface area contributed by atoms with Crippen LogP contribution in [0.1, 0.15) is 52.8 Å². The molecular weight excluding hydrogens is 326 g/mol. The van der Waals surface area contributed by atoms with E-state index in [4.69, 9.17) is 9.31 Å². The summed E-state index contributed by atoms with van der Waals surface area (Å²) in [5, 5.41) is 8.06. The first-order valence-corrected chi connectivity index (χ1v) is 8.49. The fourth-order valence-electron chi connectivity index (χ4n) is 2.94. The third-order valence-corrected chi connectivity index (χ3v) is 5.28. The van der Waals surface area contributed by atoms with Crippen molar-refractivity contribution in [3.05, 3.63) is 17.6 Å². The van der Waals surface area contributed by atoms with E-state index in [0.29, 0.717) is 18.8 Å². The molecule has 0 spiro atoms. The van der Waals surface area contributed by atoms with E-state index >= 15 is 0 Å². The molecule has 9 heteroatoms. The molecule has 2 saturated heterocycles. The van der Waals surface area contributed by atoms with Crippen molar-refractivity contribution in [3.63, 3.8) is 0 Å². The number of amides is 1. The molecule has 7 nitrogen and oxygen atoms in total. The summed E-state index contributed by atoms with van der Waals surface area (Å²) in [4.78, 5) is 13.2. The number of rotatable bonds is 3. The van der Waals surface area contributed by atoms with Crippen LogP contribution in [-0.4, -0.2) is 57.2 Å². The molecular formula is C16H24BFN4O3. The van der Waals surface area contributed by atoms with Gasteiger partial charge in [-0.25, -0.2) is 9.07 Å². The third-order valence-electron chi connectivity index (χ3n) is 5.28. The van der Waals surface area contributed by atoms with Gasteiger partial charge in [-0.15, -0.1) is 5.10 Å². The summed E-state index contributed by atoms with van der Waals surface area (Å²) in [6, 6.07) is 0.0680. The van der Waals surface area contributed by atoms with E-state index in [1.54, 1.807) is 22.7 Å². The van der Waals surface area contributed by atoms with Crippen LogP contribution in [0.25, 0.3) is 6.08 Å². The lowest BCUT2D eigenvalue weighted by atomic mass is 9.87. The van der Waals surface area contributed by atoms with Gasteiger partial charge in [0.05, 0.1) is 23.4 Å². The number of aromatic nitrogens is 3. The monoisotopic (exact) mass is 350 g/mol. The predicted molar refractivity (Wildman–Crippen MR) is 91.1 cm³/mol. The van der Waals surface area contributed by atoms with Gasteiger partial charge in [0, 0.05) is 20.0 Å². The summed E-state index contributed by atoms with van der Waals surface area (Å²) >= 11 is 0. The van der Waals surface area contributed by atoms with Crippen molar-refractivity contribution >= 4 is 19.1 Å². The fraction of sp³-hybridized carbons (Fsp3) is 0.688. The highest BCUT2D eigenvalue weighted by atomic mass is 19.1. The van der Waals surface area contributed by atoms with Crippen molar-refractivity contribution in [2.45, 2.75) is 58.3 Å². The summed E-state index contributed by atoms with van der Waals surface area (Å²) in [5.74, 6) is 0.0505. The SMILES string of the molecule is CC(=O)N1CCC(n2cc(C=C(F)B3OC(C)(C)C(C)(C)O3)nn2)C1. The second-order valence-corrected chi connectivity index (χ2v) is 7.65. The standard InChI is InChI=1S/C16H24BFN4O3/c1-11(23)21-7-6-13(10-21)22-9-12(19-20-22)8-14(18)17-24-15(2,3)16(4,5)25-17/h8-9,13H,6-7,10H2,1-5H3. The molecule has 1 amide bonds. The minimum absolute atomic E-state index is 0.0505. The first-order valence-electron chi connectivity index (χ1n) is 8.49. The Labute approximate surface area is 147 Å². The summed E-state index contributed by atoms with van der Waals surface area (Å²) in [6.07, 6.45) is 3.77. The molecule has 1 unspecified atom stereocenters. The van der Waals surface area contributed by atoms with Gasteiger partial charge in [-0.1, -0.05) is 5.21 Å². The predicted octanol–water partition coefficient (Wildman–Crippen LogP) is 2.01. The maximum Gasteiger partial charge on any atom is 0.525 e. The Balaban J connectivity index is 1.69. The number of nitrogens with zero attached hydrogens (tertiary/aromatic N) is 4. The Morgan fingerprint density at radius 2 is 2.00 bits per heavy atom. The molecule has 25 heavy (non-hydrogen) atoms. The van der Waals surface area contributed by atoms with Crippen molar-refractivity contribution in [1.82, 2.24) is 19.9 Å². The second-order valence-electron chi connectivity index (χ2n) is 7.65. The van der Waals surface area contributed by atoms with Crippen LogP contribution < -0.4 is 0 Å². The van der Waals surface area contributed by atoms with Crippen LogP contribution in [0.15, 0.2) is 11.9 Å². The molecule has 2 fully saturated rings. The minimum Gasteiger partial charge on any atom is -0.398 e. The highest BCUT2D eigenvalue weighted by Crippen LogP contribution is 2.39. The summed E-state index contributed by atoms with van der Waals surface area (Å²) in [5.41, 5.74) is -1.34. The van der Waals surface area contributed by atoms with Crippen LogP contribution in [-0.2, 0) is 14.1 Å². The molecule has 3 heterocycles. The number of hydrogen-bond donors (Lipinski definition) is 0. The molecule has 1 atom stereocenters. The molecule has 0 bridgehead atoms. The van der Waals surface area contributed by atoms with E-state index in [-0.39, 0.29) is 11.9 Å². The van der Waals surface area contributed by atoms with Crippen molar-refractivity contribution in [2.24, 2.45) is 0 Å². The Hall–Kier alpha value is -1.74. The Morgan fingerprint density at radius 3 is 2.56 bits per heavy atom. The zero-order valence-corrected chi connectivity index (χ0v) is 15.3. The van der Waals surface area contributed by atoms with Gasteiger partial charge in [0.2, 0.25) is 5.91 Å². The Morgan fingerprint density at radius 1 is 1.36 bits per heavy atom. The van der Waals surface area contributed by atoms with E-state index in [9.17, 15) is 9.18 Å². The van der Waals surface area contributed by atoms with Crippen molar-refractivity contribution in [2.75, 3.05) is 13.1 Å². The number of likely N-dealkylation sites (tertiary alicyclic amines) is 1. The van der Waals surface area contributed by atoms with Crippen LogP contribution in [0.5, 0.6) is 0 Å². The summed E-state index contributed by atoms with van der Waals surface area (Å²) in [6.45, 7) is 10.3. The van der Waals surface area contributed by atoms with Crippen LogP contribution in [0.4, 0.5) is 4.39 Å². The molecule has 136 valence electrons. The lowest BCUT2D eigenvalue weighted by Crippen LogP contribution is -2.41. The van der Waals surface area contributed by atoms with Crippen LogP contribution >= 0.6 is 0 Å². The fourth-order valence-corrected chi connectivity index (χ4v) is 2.94. The van der Waals surface area contributed by atoms with E-state index in [2.05, 4.69) is 10.3 Å². The van der Waals surface area contributed by atoms with Gasteiger partial charge in [0.15, 0.2) is 0 Å². The highest BCUT2D eigenvalue weighted by Gasteiger charge is 2.53. The van der Waals surface area contributed by atoms with Crippen molar-refractivity contribution < 1.29 is 18.5 Å². The van der Waals surface area contributed by atoms with E-state index in [1.165, 1.54) is 6.08 Å². The van der Waals surface area contributed by atoms with Gasteiger partial charge in [-0.3, -0.25) is 4.79 Å². The van der Waals surface area contributed by atoms with Gasteiger partial charge in [0.25, 0.3) is 0 Å². The molecule has 1 aromatic rings. The first-order chi connectivity index (χ1) is 11.6. The molecule has 2 aliphatic heterocycles. The summed E-state index contributed by atoms with van der Waals surface area (Å²) in [7, 11) is -1.05. The number of halogens is 1. The highest BCUT2D eigenvalue weighted by molar-refractivity contribution is 6.54. The van der Waals surface area contributed by atoms with E-state index < -0.39 is 24.0 Å². The van der Waals surface area contributed by atoms with Crippen molar-refractivity contribution in [1.29, 1.82) is 0 Å². The molecule has 0 aromatic carbocycles. The third kappa shape index (κ3) is 3.48. The number of hydrogen-bond acceptors (Lipinski definition) is 5. The van der Waals surface area contributed by atoms with E-state index in [0.717, 1.165) is 6.42 Å². The summed E-state index contributed by atoms with van der Waals surface area (Å²) < 4.78 is 27.6. The van der Waals surface area contributed by atoms with Crippen LogP contribution in [0, 0.1) is 0 Å². The topological polar surface area (TPSA) is 69.5 Å². The molecule has 0 radical (unpaired) electrons. The zero-order chi connectivity index (χ0) is 18.4. The van der Waals surface area contributed by atoms with Crippen LogP contribution in [0.2, 0.25) is 0 Å².